The van der Waals surface area contributed by atoms with E-state index < -0.39 is 0 Å². The summed E-state index contributed by atoms with van der Waals surface area (Å²) >= 11 is 0. The van der Waals surface area contributed by atoms with Crippen molar-refractivity contribution in [3.63, 3.8) is 0 Å². The maximum Gasteiger partial charge on any atom is 0.224 e. The van der Waals surface area contributed by atoms with E-state index in [-0.39, 0.29) is 23.8 Å². The van der Waals surface area contributed by atoms with E-state index >= 15 is 0 Å². The number of carbonyl (C=O) groups excluding carboxylic acids is 2. The minimum Gasteiger partial charge on any atom is -0.490 e. The van der Waals surface area contributed by atoms with Crippen molar-refractivity contribution in [3.05, 3.63) is 84.2 Å². The summed E-state index contributed by atoms with van der Waals surface area (Å²) in [6, 6.07) is 21.6. The predicted octanol–water partition coefficient (Wildman–Crippen LogP) is 3.93. The second-order valence-electron chi connectivity index (χ2n) is 9.24. The monoisotopic (exact) mass is 474 g/mol. The summed E-state index contributed by atoms with van der Waals surface area (Å²) in [6.45, 7) is 4.24. The molecule has 0 bridgehead atoms. The van der Waals surface area contributed by atoms with Gasteiger partial charge in [-0.05, 0) is 30.7 Å². The van der Waals surface area contributed by atoms with Crippen LogP contribution in [0.2, 0.25) is 0 Å². The lowest BCUT2D eigenvalue weighted by atomic mass is 9.90. The number of amides is 2. The van der Waals surface area contributed by atoms with E-state index in [1.807, 2.05) is 90.3 Å². The number of aryl methyl sites for hydroxylation is 2. The normalized spacial score (nSPS) is 17.7. The van der Waals surface area contributed by atoms with Gasteiger partial charge in [-0.1, -0.05) is 48.5 Å². The van der Waals surface area contributed by atoms with Crippen molar-refractivity contribution in [1.82, 2.24) is 19.6 Å². The molecule has 7 heteroatoms. The Labute approximate surface area is 207 Å². The van der Waals surface area contributed by atoms with Gasteiger partial charge in [0.25, 0.3) is 0 Å². The number of aromatic nitrogens is 2. The van der Waals surface area contributed by atoms with Crippen LogP contribution in [0, 0.1) is 12.8 Å². The number of nitrogens with zero attached hydrogens (tertiary/aromatic N) is 4. The first-order valence-corrected chi connectivity index (χ1v) is 12.3. The van der Waals surface area contributed by atoms with Crippen molar-refractivity contribution in [2.75, 3.05) is 20.1 Å². The van der Waals surface area contributed by atoms with Gasteiger partial charge in [0.15, 0.2) is 0 Å². The Morgan fingerprint density at radius 3 is 2.46 bits per heavy atom. The molecule has 2 heterocycles. The Hall–Kier alpha value is -3.61. The van der Waals surface area contributed by atoms with Gasteiger partial charge in [-0.25, -0.2) is 0 Å². The van der Waals surface area contributed by atoms with Crippen LogP contribution in [0.3, 0.4) is 0 Å². The summed E-state index contributed by atoms with van der Waals surface area (Å²) in [4.78, 5) is 29.8. The lowest BCUT2D eigenvalue weighted by molar-refractivity contribution is -0.139. The molecule has 2 aromatic carbocycles. The fourth-order valence-electron chi connectivity index (χ4n) is 4.58. The molecule has 7 nitrogen and oxygen atoms in total. The van der Waals surface area contributed by atoms with E-state index in [4.69, 9.17) is 4.74 Å². The number of likely N-dealkylation sites (tertiary alicyclic amines) is 1. The van der Waals surface area contributed by atoms with Crippen molar-refractivity contribution in [1.29, 1.82) is 0 Å². The lowest BCUT2D eigenvalue weighted by Crippen LogP contribution is -2.49. The number of hydrogen-bond acceptors (Lipinski definition) is 4. The summed E-state index contributed by atoms with van der Waals surface area (Å²) in [5.41, 5.74) is 2.13. The molecule has 0 saturated carbocycles. The van der Waals surface area contributed by atoms with Crippen LogP contribution in [0.25, 0.3) is 0 Å². The summed E-state index contributed by atoms with van der Waals surface area (Å²) in [5.74, 6) is 0.863. The van der Waals surface area contributed by atoms with Gasteiger partial charge in [0.05, 0.1) is 0 Å². The Kier molecular flexibility index (Phi) is 8.19. The molecule has 1 aliphatic heterocycles. The maximum absolute atomic E-state index is 13.2. The Bertz CT molecular complexity index is 1100. The molecular formula is C28H34N4O3. The van der Waals surface area contributed by atoms with Crippen LogP contribution in [0.5, 0.6) is 5.75 Å². The molecule has 3 aromatic rings. The van der Waals surface area contributed by atoms with Gasteiger partial charge in [-0.15, -0.1) is 0 Å². The largest absolute Gasteiger partial charge is 0.490 e. The topological polar surface area (TPSA) is 67.7 Å². The van der Waals surface area contributed by atoms with E-state index in [1.165, 1.54) is 0 Å². The zero-order valence-electron chi connectivity index (χ0n) is 20.5. The third-order valence-corrected chi connectivity index (χ3v) is 6.64. The summed E-state index contributed by atoms with van der Waals surface area (Å²) < 4.78 is 8.16. The van der Waals surface area contributed by atoms with Gasteiger partial charge in [-0.2, -0.15) is 5.10 Å². The molecule has 0 spiro atoms. The highest BCUT2D eigenvalue weighted by Gasteiger charge is 2.35. The molecule has 2 atom stereocenters. The predicted molar refractivity (Wildman–Crippen MR) is 135 cm³/mol. The van der Waals surface area contributed by atoms with Crippen molar-refractivity contribution in [2.45, 2.75) is 45.4 Å². The quantitative estimate of drug-likeness (QED) is 0.471. The molecule has 0 unspecified atom stereocenters. The van der Waals surface area contributed by atoms with E-state index in [0.29, 0.717) is 45.4 Å². The average Bonchev–Trinajstić information content (AvgIpc) is 3.29. The van der Waals surface area contributed by atoms with E-state index in [2.05, 4.69) is 5.10 Å². The molecule has 0 radical (unpaired) electrons. The third kappa shape index (κ3) is 6.72. The number of rotatable bonds is 9. The molecular weight excluding hydrogens is 440 g/mol. The first-order valence-electron chi connectivity index (χ1n) is 12.3. The van der Waals surface area contributed by atoms with Crippen molar-refractivity contribution >= 4 is 11.8 Å². The van der Waals surface area contributed by atoms with E-state index in [9.17, 15) is 9.59 Å². The number of carbonyl (C=O) groups is 2. The van der Waals surface area contributed by atoms with Crippen molar-refractivity contribution in [2.24, 2.45) is 5.92 Å². The molecule has 1 aromatic heterocycles. The molecule has 1 saturated heterocycles. The smallest absolute Gasteiger partial charge is 0.224 e. The van der Waals surface area contributed by atoms with Crippen LogP contribution in [-0.4, -0.2) is 57.6 Å². The lowest BCUT2D eigenvalue weighted by Gasteiger charge is -2.39. The van der Waals surface area contributed by atoms with Crippen LogP contribution in [-0.2, 0) is 22.7 Å². The Morgan fingerprint density at radius 2 is 1.77 bits per heavy atom. The molecule has 35 heavy (non-hydrogen) atoms. The van der Waals surface area contributed by atoms with Crippen LogP contribution in [0.1, 0.15) is 30.5 Å². The average molecular weight is 475 g/mol. The molecule has 0 N–H and O–H groups in total. The van der Waals surface area contributed by atoms with Gasteiger partial charge in [-0.3, -0.25) is 14.3 Å². The highest BCUT2D eigenvalue weighted by atomic mass is 16.5. The number of para-hydroxylation sites is 1. The molecule has 1 fully saturated rings. The Morgan fingerprint density at radius 1 is 1.06 bits per heavy atom. The molecule has 1 aliphatic rings. The van der Waals surface area contributed by atoms with Crippen LogP contribution < -0.4 is 4.74 Å². The highest BCUT2D eigenvalue weighted by molar-refractivity contribution is 5.78. The first-order chi connectivity index (χ1) is 17.0. The fraction of sp³-hybridized carbons (Fsp3) is 0.393. The second-order valence-corrected chi connectivity index (χ2v) is 9.24. The molecule has 184 valence electrons. The molecule has 4 rings (SSSR count). The van der Waals surface area contributed by atoms with Crippen molar-refractivity contribution < 1.29 is 14.3 Å². The second kappa shape index (κ2) is 11.7. The fourth-order valence-corrected chi connectivity index (χ4v) is 4.58. The Balaban J connectivity index is 1.41. The number of piperidine rings is 1. The van der Waals surface area contributed by atoms with Gasteiger partial charge >= 0.3 is 0 Å². The zero-order valence-corrected chi connectivity index (χ0v) is 20.5. The van der Waals surface area contributed by atoms with Crippen LogP contribution in [0.4, 0.5) is 0 Å². The van der Waals surface area contributed by atoms with Crippen molar-refractivity contribution in [3.8, 4) is 5.75 Å². The summed E-state index contributed by atoms with van der Waals surface area (Å²) in [6.07, 6.45) is 3.05. The highest BCUT2D eigenvalue weighted by Crippen LogP contribution is 2.27. The van der Waals surface area contributed by atoms with E-state index in [1.54, 1.807) is 11.1 Å². The maximum atomic E-state index is 13.2. The summed E-state index contributed by atoms with van der Waals surface area (Å²) in [5, 5.41) is 4.28. The first kappa shape index (κ1) is 24.5. The zero-order chi connectivity index (χ0) is 24.6. The van der Waals surface area contributed by atoms with Gasteiger partial charge < -0.3 is 14.5 Å². The minimum atomic E-state index is -0.121. The minimum absolute atomic E-state index is 0.0574. The van der Waals surface area contributed by atoms with Gasteiger partial charge in [0, 0.05) is 70.3 Å². The van der Waals surface area contributed by atoms with Crippen LogP contribution in [0.15, 0.2) is 72.9 Å². The SMILES string of the molecule is Cc1ccnn1CCC(=O)N1CC[C@H](Oc2ccccc2)[C@@H](CC(=O)N(C)Cc2ccccc2)C1. The molecule has 0 aliphatic carbocycles. The third-order valence-electron chi connectivity index (χ3n) is 6.64. The van der Waals surface area contributed by atoms with E-state index in [0.717, 1.165) is 17.0 Å². The number of hydrogen-bond donors (Lipinski definition) is 0. The van der Waals surface area contributed by atoms with Gasteiger partial charge in [0.2, 0.25) is 11.8 Å². The number of ether oxygens (including phenoxy) is 1. The van der Waals surface area contributed by atoms with Crippen LogP contribution >= 0.6 is 0 Å². The van der Waals surface area contributed by atoms with Gasteiger partial charge in [0.1, 0.15) is 11.9 Å². The number of benzene rings is 2. The standard InChI is InChI=1S/C28H34N4O3/c1-22-13-16-29-32(22)18-15-27(33)31-17-14-26(35-25-11-7-4-8-12-25)24(21-31)19-28(34)30(2)20-23-9-5-3-6-10-23/h3-13,16,24,26H,14-15,17-21H2,1-2H3/t24-,26-/m0/s1. The summed E-state index contributed by atoms with van der Waals surface area (Å²) in [7, 11) is 1.83. The molecule has 2 amide bonds.